The number of methoxy groups -OCH3 is 1. The minimum Gasteiger partial charge on any atom is -0.507 e. The summed E-state index contributed by atoms with van der Waals surface area (Å²) in [6.07, 6.45) is 0.0861. The molecular formula is C29H26ClNO6. The molecule has 0 bridgehead atoms. The molecule has 1 saturated heterocycles. The number of aliphatic hydroxyl groups excluding tert-OH is 1. The van der Waals surface area contributed by atoms with Gasteiger partial charge in [0.2, 0.25) is 0 Å². The Bertz CT molecular complexity index is 1400. The van der Waals surface area contributed by atoms with Crippen LogP contribution in [0.25, 0.3) is 5.76 Å². The fourth-order valence-corrected chi connectivity index (χ4v) is 4.59. The van der Waals surface area contributed by atoms with Gasteiger partial charge in [0.05, 0.1) is 37.3 Å². The number of hydrogen-bond acceptors (Lipinski definition) is 6. The number of carbonyl (C=O) groups is 3. The number of benzene rings is 3. The van der Waals surface area contributed by atoms with Crippen LogP contribution in [0.3, 0.4) is 0 Å². The molecule has 0 spiro atoms. The van der Waals surface area contributed by atoms with Crippen LogP contribution >= 0.6 is 11.6 Å². The molecule has 8 heteroatoms. The Hall–Kier alpha value is -4.10. The maximum absolute atomic E-state index is 13.4. The molecule has 0 saturated carbocycles. The molecule has 1 amide bonds. The van der Waals surface area contributed by atoms with E-state index in [1.165, 1.54) is 18.1 Å². The number of ketones is 1. The SMILES string of the molecule is CCOC(=O)Cc1ccc(N2C(=O)C(=O)/C(=C(/O)c3cc(Cl)ccc3OC)C2c2cccc(C)c2)cc1. The third kappa shape index (κ3) is 5.22. The molecule has 3 aromatic carbocycles. The first-order chi connectivity index (χ1) is 17.7. The van der Waals surface area contributed by atoms with Gasteiger partial charge in [-0.3, -0.25) is 19.3 Å². The molecule has 190 valence electrons. The van der Waals surface area contributed by atoms with E-state index in [1.54, 1.807) is 49.4 Å². The number of nitrogens with zero attached hydrogens (tertiary/aromatic N) is 1. The van der Waals surface area contributed by atoms with Crippen LogP contribution in [0.4, 0.5) is 5.69 Å². The summed E-state index contributed by atoms with van der Waals surface area (Å²) in [7, 11) is 1.44. The molecule has 4 rings (SSSR count). The number of amides is 1. The van der Waals surface area contributed by atoms with Crippen molar-refractivity contribution < 1.29 is 29.0 Å². The third-order valence-electron chi connectivity index (χ3n) is 6.09. The monoisotopic (exact) mass is 519 g/mol. The number of carbonyl (C=O) groups excluding carboxylic acids is 3. The van der Waals surface area contributed by atoms with Crippen LogP contribution in [0.15, 0.2) is 72.3 Å². The van der Waals surface area contributed by atoms with Crippen molar-refractivity contribution in [2.24, 2.45) is 0 Å². The minimum absolute atomic E-state index is 0.0771. The zero-order valence-corrected chi connectivity index (χ0v) is 21.4. The van der Waals surface area contributed by atoms with Crippen LogP contribution in [-0.2, 0) is 25.5 Å². The summed E-state index contributed by atoms with van der Waals surface area (Å²) in [6.45, 7) is 3.93. The van der Waals surface area contributed by atoms with Gasteiger partial charge in [0.15, 0.2) is 0 Å². The van der Waals surface area contributed by atoms with E-state index in [0.717, 1.165) is 5.56 Å². The average molecular weight is 520 g/mol. The quantitative estimate of drug-likeness (QED) is 0.195. The first kappa shape index (κ1) is 26.0. The molecule has 1 unspecified atom stereocenters. The molecule has 7 nitrogen and oxygen atoms in total. The molecular weight excluding hydrogens is 494 g/mol. The fraction of sp³-hybridized carbons (Fsp3) is 0.207. The molecule has 0 aliphatic carbocycles. The van der Waals surface area contributed by atoms with Crippen LogP contribution in [-0.4, -0.2) is 36.5 Å². The van der Waals surface area contributed by atoms with Crippen molar-refractivity contribution in [3.8, 4) is 5.75 Å². The fourth-order valence-electron chi connectivity index (χ4n) is 4.42. The summed E-state index contributed by atoms with van der Waals surface area (Å²) >= 11 is 6.17. The zero-order valence-electron chi connectivity index (χ0n) is 20.7. The summed E-state index contributed by atoms with van der Waals surface area (Å²) < 4.78 is 10.4. The number of esters is 1. The summed E-state index contributed by atoms with van der Waals surface area (Å²) in [6, 6.07) is 17.9. The second-order valence-corrected chi connectivity index (χ2v) is 9.01. The Morgan fingerprint density at radius 3 is 2.43 bits per heavy atom. The highest BCUT2D eigenvalue weighted by atomic mass is 35.5. The summed E-state index contributed by atoms with van der Waals surface area (Å²) in [4.78, 5) is 40.0. The Kier molecular flexibility index (Phi) is 7.64. The number of ether oxygens (including phenoxy) is 2. The lowest BCUT2D eigenvalue weighted by molar-refractivity contribution is -0.142. The van der Waals surface area contributed by atoms with Gasteiger partial charge in [-0.1, -0.05) is 53.6 Å². The Morgan fingerprint density at radius 1 is 1.05 bits per heavy atom. The van der Waals surface area contributed by atoms with Gasteiger partial charge in [-0.15, -0.1) is 0 Å². The number of hydrogen-bond donors (Lipinski definition) is 1. The van der Waals surface area contributed by atoms with Gasteiger partial charge < -0.3 is 14.6 Å². The predicted molar refractivity (Wildman–Crippen MR) is 141 cm³/mol. The Balaban J connectivity index is 1.86. The summed E-state index contributed by atoms with van der Waals surface area (Å²) in [5.41, 5.74) is 2.85. The van der Waals surface area contributed by atoms with E-state index in [-0.39, 0.29) is 35.9 Å². The predicted octanol–water partition coefficient (Wildman–Crippen LogP) is 5.39. The number of rotatable bonds is 7. The lowest BCUT2D eigenvalue weighted by Crippen LogP contribution is -2.29. The number of Topliss-reactive ketones (excluding diaryl/α,β-unsaturated/α-hetero) is 1. The van der Waals surface area contributed by atoms with Gasteiger partial charge >= 0.3 is 5.97 Å². The minimum atomic E-state index is -0.903. The first-order valence-corrected chi connectivity index (χ1v) is 12.1. The van der Waals surface area contributed by atoms with Gasteiger partial charge in [-0.05, 0) is 55.3 Å². The van der Waals surface area contributed by atoms with Crippen molar-refractivity contribution in [1.82, 2.24) is 0 Å². The topological polar surface area (TPSA) is 93.1 Å². The normalized spacial score (nSPS) is 16.6. The summed E-state index contributed by atoms with van der Waals surface area (Å²) in [5, 5.41) is 11.7. The second kappa shape index (κ2) is 10.9. The van der Waals surface area contributed by atoms with E-state index in [2.05, 4.69) is 0 Å². The number of anilines is 1. The van der Waals surface area contributed by atoms with E-state index in [4.69, 9.17) is 21.1 Å². The van der Waals surface area contributed by atoms with Gasteiger partial charge in [0, 0.05) is 10.7 Å². The molecule has 1 fully saturated rings. The molecule has 1 heterocycles. The van der Waals surface area contributed by atoms with Gasteiger partial charge in [-0.2, -0.15) is 0 Å². The van der Waals surface area contributed by atoms with E-state index in [9.17, 15) is 19.5 Å². The van der Waals surface area contributed by atoms with Crippen molar-refractivity contribution in [1.29, 1.82) is 0 Å². The highest BCUT2D eigenvalue weighted by Gasteiger charge is 2.47. The van der Waals surface area contributed by atoms with Crippen molar-refractivity contribution in [3.63, 3.8) is 0 Å². The Labute approximate surface area is 219 Å². The highest BCUT2D eigenvalue weighted by molar-refractivity contribution is 6.51. The van der Waals surface area contributed by atoms with E-state index < -0.39 is 17.7 Å². The van der Waals surface area contributed by atoms with Gasteiger partial charge in [0.1, 0.15) is 11.5 Å². The van der Waals surface area contributed by atoms with E-state index in [0.29, 0.717) is 27.6 Å². The molecule has 3 aromatic rings. The standard InChI is InChI=1S/C29H26ClNO6/c1-4-37-24(32)15-18-8-11-21(12-9-18)31-26(19-7-5-6-17(2)14-19)25(28(34)29(31)35)27(33)22-16-20(30)10-13-23(22)36-3/h5-14,16,26,33H,4,15H2,1-3H3/b27-25+. The first-order valence-electron chi connectivity index (χ1n) is 11.7. The van der Waals surface area contributed by atoms with Crippen LogP contribution in [0.5, 0.6) is 5.75 Å². The molecule has 1 aliphatic heterocycles. The highest BCUT2D eigenvalue weighted by Crippen LogP contribution is 2.43. The van der Waals surface area contributed by atoms with Gasteiger partial charge in [0.25, 0.3) is 11.7 Å². The summed E-state index contributed by atoms with van der Waals surface area (Å²) in [5.74, 6) is -2.05. The van der Waals surface area contributed by atoms with Crippen LogP contribution in [0.2, 0.25) is 5.02 Å². The number of aliphatic hydroxyl groups is 1. The van der Waals surface area contributed by atoms with Gasteiger partial charge in [-0.25, -0.2) is 0 Å². The molecule has 37 heavy (non-hydrogen) atoms. The Morgan fingerprint density at radius 2 is 1.78 bits per heavy atom. The lowest BCUT2D eigenvalue weighted by atomic mass is 9.94. The van der Waals surface area contributed by atoms with Crippen molar-refractivity contribution >= 4 is 40.7 Å². The molecule has 0 aromatic heterocycles. The van der Waals surface area contributed by atoms with Crippen molar-refractivity contribution in [2.45, 2.75) is 26.3 Å². The van der Waals surface area contributed by atoms with Crippen LogP contribution in [0, 0.1) is 6.92 Å². The third-order valence-corrected chi connectivity index (χ3v) is 6.32. The number of halogens is 1. The average Bonchev–Trinajstić information content (AvgIpc) is 3.14. The van der Waals surface area contributed by atoms with Crippen molar-refractivity contribution in [2.75, 3.05) is 18.6 Å². The molecule has 1 aliphatic rings. The second-order valence-electron chi connectivity index (χ2n) is 8.58. The lowest BCUT2D eigenvalue weighted by Gasteiger charge is -2.26. The van der Waals surface area contributed by atoms with E-state index >= 15 is 0 Å². The smallest absolute Gasteiger partial charge is 0.310 e. The number of aryl methyl sites for hydroxylation is 1. The zero-order chi connectivity index (χ0) is 26.7. The largest absolute Gasteiger partial charge is 0.507 e. The van der Waals surface area contributed by atoms with E-state index in [1.807, 2.05) is 25.1 Å². The van der Waals surface area contributed by atoms with Crippen LogP contribution in [0.1, 0.15) is 35.2 Å². The van der Waals surface area contributed by atoms with Crippen LogP contribution < -0.4 is 9.64 Å². The maximum atomic E-state index is 13.4. The van der Waals surface area contributed by atoms with Crippen molar-refractivity contribution in [3.05, 3.63) is 99.6 Å². The molecule has 1 N–H and O–H groups in total. The molecule has 1 atom stereocenters. The maximum Gasteiger partial charge on any atom is 0.310 e. The molecule has 0 radical (unpaired) electrons.